The zero-order valence-corrected chi connectivity index (χ0v) is 12.2. The first-order valence-electron chi connectivity index (χ1n) is 7.42. The molecule has 0 unspecified atom stereocenters. The largest absolute Gasteiger partial charge is 0.474 e. The van der Waals surface area contributed by atoms with Crippen molar-refractivity contribution in [1.29, 1.82) is 0 Å². The fraction of sp³-hybridized carbons (Fsp3) is 0.438. The molecule has 1 saturated carbocycles. The lowest BCUT2D eigenvalue weighted by Crippen LogP contribution is -2.25. The zero-order valence-electron chi connectivity index (χ0n) is 12.2. The van der Waals surface area contributed by atoms with Gasteiger partial charge in [0.2, 0.25) is 5.88 Å². The predicted octanol–water partition coefficient (Wildman–Crippen LogP) is 2.65. The third-order valence-electron chi connectivity index (χ3n) is 3.78. The van der Waals surface area contributed by atoms with E-state index < -0.39 is 0 Å². The molecule has 110 valence electrons. The van der Waals surface area contributed by atoms with Crippen LogP contribution in [0.4, 0.5) is 0 Å². The standard InChI is InChI=1S/C16H20N4O/c1-12(15-11-17-7-8-18-15)20-10-13-5-6-19-16(9-13)21-14-3-2-4-14/h5-9,11-12,14,20H,2-4,10H2,1H3/t12-/m1/s1. The maximum atomic E-state index is 5.82. The summed E-state index contributed by atoms with van der Waals surface area (Å²) in [6.45, 7) is 2.83. The summed E-state index contributed by atoms with van der Waals surface area (Å²) in [7, 11) is 0. The molecule has 5 heteroatoms. The van der Waals surface area contributed by atoms with Crippen molar-refractivity contribution in [2.45, 2.75) is 44.9 Å². The molecule has 2 heterocycles. The van der Waals surface area contributed by atoms with E-state index in [2.05, 4.69) is 27.2 Å². The lowest BCUT2D eigenvalue weighted by atomic mass is 9.96. The van der Waals surface area contributed by atoms with Gasteiger partial charge in [-0.25, -0.2) is 4.98 Å². The molecule has 0 radical (unpaired) electrons. The van der Waals surface area contributed by atoms with Crippen LogP contribution in [0.1, 0.15) is 43.5 Å². The van der Waals surface area contributed by atoms with Crippen molar-refractivity contribution in [2.24, 2.45) is 0 Å². The molecule has 2 aromatic heterocycles. The Morgan fingerprint density at radius 1 is 1.29 bits per heavy atom. The summed E-state index contributed by atoms with van der Waals surface area (Å²) in [4.78, 5) is 12.7. The summed E-state index contributed by atoms with van der Waals surface area (Å²) < 4.78 is 5.82. The normalized spacial score (nSPS) is 16.2. The second-order valence-electron chi connectivity index (χ2n) is 5.41. The van der Waals surface area contributed by atoms with Crippen molar-refractivity contribution in [2.75, 3.05) is 0 Å². The predicted molar refractivity (Wildman–Crippen MR) is 79.8 cm³/mol. The van der Waals surface area contributed by atoms with Crippen LogP contribution in [0, 0.1) is 0 Å². The van der Waals surface area contributed by atoms with Crippen molar-refractivity contribution in [1.82, 2.24) is 20.3 Å². The molecule has 2 aromatic rings. The number of hydrogen-bond acceptors (Lipinski definition) is 5. The van der Waals surface area contributed by atoms with Crippen molar-refractivity contribution < 1.29 is 4.74 Å². The second kappa shape index (κ2) is 6.63. The summed E-state index contributed by atoms with van der Waals surface area (Å²) in [6.07, 6.45) is 10.9. The molecular weight excluding hydrogens is 264 g/mol. The van der Waals surface area contributed by atoms with Crippen LogP contribution >= 0.6 is 0 Å². The highest BCUT2D eigenvalue weighted by Gasteiger charge is 2.19. The van der Waals surface area contributed by atoms with Crippen LogP contribution in [-0.4, -0.2) is 21.1 Å². The number of nitrogens with zero attached hydrogens (tertiary/aromatic N) is 3. The van der Waals surface area contributed by atoms with Gasteiger partial charge in [0.15, 0.2) is 0 Å². The molecule has 1 aliphatic rings. The fourth-order valence-electron chi connectivity index (χ4n) is 2.19. The smallest absolute Gasteiger partial charge is 0.213 e. The van der Waals surface area contributed by atoms with Gasteiger partial charge < -0.3 is 10.1 Å². The van der Waals surface area contributed by atoms with Crippen molar-refractivity contribution in [3.05, 3.63) is 48.2 Å². The van der Waals surface area contributed by atoms with Gasteiger partial charge in [-0.3, -0.25) is 9.97 Å². The van der Waals surface area contributed by atoms with E-state index in [9.17, 15) is 0 Å². The van der Waals surface area contributed by atoms with Crippen LogP contribution < -0.4 is 10.1 Å². The Morgan fingerprint density at radius 3 is 2.90 bits per heavy atom. The van der Waals surface area contributed by atoms with Crippen LogP contribution in [0.25, 0.3) is 0 Å². The van der Waals surface area contributed by atoms with Gasteiger partial charge >= 0.3 is 0 Å². The molecule has 5 nitrogen and oxygen atoms in total. The minimum atomic E-state index is 0.155. The monoisotopic (exact) mass is 284 g/mol. The van der Waals surface area contributed by atoms with Gasteiger partial charge in [0.05, 0.1) is 5.69 Å². The van der Waals surface area contributed by atoms with E-state index in [-0.39, 0.29) is 6.04 Å². The number of ether oxygens (including phenoxy) is 1. The number of rotatable bonds is 6. The van der Waals surface area contributed by atoms with Crippen molar-refractivity contribution in [3.63, 3.8) is 0 Å². The molecule has 1 aliphatic carbocycles. The van der Waals surface area contributed by atoms with E-state index >= 15 is 0 Å². The molecule has 0 aliphatic heterocycles. The molecule has 0 saturated heterocycles. The van der Waals surface area contributed by atoms with Crippen LogP contribution in [0.2, 0.25) is 0 Å². The summed E-state index contributed by atoms with van der Waals surface area (Å²) in [5, 5.41) is 3.44. The SMILES string of the molecule is C[C@@H](NCc1ccnc(OC2CCC2)c1)c1cnccn1. The van der Waals surface area contributed by atoms with E-state index in [1.165, 1.54) is 6.42 Å². The van der Waals surface area contributed by atoms with Crippen LogP contribution in [-0.2, 0) is 6.54 Å². The summed E-state index contributed by atoms with van der Waals surface area (Å²) in [6, 6.07) is 4.17. The highest BCUT2D eigenvalue weighted by atomic mass is 16.5. The molecular formula is C16H20N4O. The maximum absolute atomic E-state index is 5.82. The minimum Gasteiger partial charge on any atom is -0.474 e. The molecule has 1 atom stereocenters. The number of aromatic nitrogens is 3. The Kier molecular flexibility index (Phi) is 4.40. The Morgan fingerprint density at radius 2 is 2.19 bits per heavy atom. The first kappa shape index (κ1) is 13.9. The zero-order chi connectivity index (χ0) is 14.5. The minimum absolute atomic E-state index is 0.155. The van der Waals surface area contributed by atoms with E-state index in [4.69, 9.17) is 4.74 Å². The number of nitrogens with one attached hydrogen (secondary N) is 1. The van der Waals surface area contributed by atoms with Gasteiger partial charge in [0.1, 0.15) is 6.10 Å². The molecule has 0 bridgehead atoms. The number of hydrogen-bond donors (Lipinski definition) is 1. The average Bonchev–Trinajstić information content (AvgIpc) is 2.50. The van der Waals surface area contributed by atoms with E-state index in [0.29, 0.717) is 6.10 Å². The van der Waals surface area contributed by atoms with Gasteiger partial charge in [-0.15, -0.1) is 0 Å². The van der Waals surface area contributed by atoms with E-state index in [0.717, 1.165) is 36.5 Å². The lowest BCUT2D eigenvalue weighted by molar-refractivity contribution is 0.114. The maximum Gasteiger partial charge on any atom is 0.213 e. The lowest BCUT2D eigenvalue weighted by Gasteiger charge is -2.25. The van der Waals surface area contributed by atoms with Crippen molar-refractivity contribution in [3.8, 4) is 5.88 Å². The quantitative estimate of drug-likeness (QED) is 0.883. The Balaban J connectivity index is 1.56. The second-order valence-corrected chi connectivity index (χ2v) is 5.41. The Bertz CT molecular complexity index is 571. The fourth-order valence-corrected chi connectivity index (χ4v) is 2.19. The third-order valence-corrected chi connectivity index (χ3v) is 3.78. The van der Waals surface area contributed by atoms with Crippen molar-refractivity contribution >= 4 is 0 Å². The van der Waals surface area contributed by atoms with Gasteiger partial charge in [-0.2, -0.15) is 0 Å². The summed E-state index contributed by atoms with van der Waals surface area (Å²) in [5.74, 6) is 0.728. The summed E-state index contributed by atoms with van der Waals surface area (Å²) in [5.41, 5.74) is 2.10. The van der Waals surface area contributed by atoms with Crippen LogP contribution in [0.5, 0.6) is 5.88 Å². The molecule has 1 N–H and O–H groups in total. The first-order valence-corrected chi connectivity index (χ1v) is 7.42. The molecule has 0 amide bonds. The Hall–Kier alpha value is -2.01. The first-order chi connectivity index (χ1) is 10.3. The van der Waals surface area contributed by atoms with E-state index in [1.807, 2.05) is 12.1 Å². The molecule has 3 rings (SSSR count). The molecule has 0 spiro atoms. The van der Waals surface area contributed by atoms with Gasteiger partial charge in [0.25, 0.3) is 0 Å². The van der Waals surface area contributed by atoms with Crippen LogP contribution in [0.3, 0.4) is 0 Å². The Labute approximate surface area is 124 Å². The van der Waals surface area contributed by atoms with Crippen LogP contribution in [0.15, 0.2) is 36.9 Å². The topological polar surface area (TPSA) is 59.9 Å². The average molecular weight is 284 g/mol. The molecule has 0 aromatic carbocycles. The van der Waals surface area contributed by atoms with E-state index in [1.54, 1.807) is 24.8 Å². The highest BCUT2D eigenvalue weighted by molar-refractivity contribution is 5.21. The van der Waals surface area contributed by atoms with Gasteiger partial charge in [-0.1, -0.05) is 0 Å². The number of pyridine rings is 1. The molecule has 21 heavy (non-hydrogen) atoms. The van der Waals surface area contributed by atoms with Gasteiger partial charge in [0, 0.05) is 43.4 Å². The molecule has 1 fully saturated rings. The van der Waals surface area contributed by atoms with Gasteiger partial charge in [-0.05, 0) is 37.8 Å². The summed E-state index contributed by atoms with van der Waals surface area (Å²) >= 11 is 0. The highest BCUT2D eigenvalue weighted by Crippen LogP contribution is 2.24. The third kappa shape index (κ3) is 3.76.